The third-order valence-corrected chi connectivity index (χ3v) is 5.92. The molecule has 31 heavy (non-hydrogen) atoms. The number of thiazole rings is 1. The molecule has 4 aromatic rings. The molecule has 0 aliphatic carbocycles. The number of methoxy groups -OCH3 is 1. The van der Waals surface area contributed by atoms with Gasteiger partial charge in [-0.25, -0.2) is 4.98 Å². The minimum atomic E-state index is -0.484. The van der Waals surface area contributed by atoms with E-state index in [1.54, 1.807) is 7.11 Å². The Morgan fingerprint density at radius 1 is 1.06 bits per heavy atom. The first-order valence-corrected chi connectivity index (χ1v) is 10.7. The molecule has 2 aromatic carbocycles. The zero-order valence-electron chi connectivity index (χ0n) is 17.8. The van der Waals surface area contributed by atoms with Gasteiger partial charge in [0.1, 0.15) is 11.3 Å². The van der Waals surface area contributed by atoms with Gasteiger partial charge in [0, 0.05) is 17.3 Å². The van der Waals surface area contributed by atoms with Gasteiger partial charge in [-0.3, -0.25) is 14.0 Å². The molecule has 4 rings (SSSR count). The van der Waals surface area contributed by atoms with Gasteiger partial charge >= 0.3 is 0 Å². The summed E-state index contributed by atoms with van der Waals surface area (Å²) in [5.41, 5.74) is 2.92. The van der Waals surface area contributed by atoms with Crippen LogP contribution in [-0.2, 0) is 5.41 Å². The fourth-order valence-corrected chi connectivity index (χ4v) is 4.12. The SMILES string of the molecule is COc1ccc(-c2csc3ncc(C(=O)Nc4ccc(C(C)(C)C)cc4)c(=O)n23)cc1. The second-order valence-electron chi connectivity index (χ2n) is 8.23. The van der Waals surface area contributed by atoms with Crippen LogP contribution >= 0.6 is 11.3 Å². The molecule has 0 unspecified atom stereocenters. The number of anilines is 1. The Morgan fingerprint density at radius 2 is 1.74 bits per heavy atom. The molecule has 0 atom stereocenters. The van der Waals surface area contributed by atoms with Gasteiger partial charge in [0.2, 0.25) is 0 Å². The van der Waals surface area contributed by atoms with Gasteiger partial charge in [-0.1, -0.05) is 32.9 Å². The van der Waals surface area contributed by atoms with Crippen molar-refractivity contribution in [1.82, 2.24) is 9.38 Å². The van der Waals surface area contributed by atoms with Crippen molar-refractivity contribution in [3.05, 3.63) is 81.6 Å². The molecule has 0 spiro atoms. The smallest absolute Gasteiger partial charge is 0.271 e. The van der Waals surface area contributed by atoms with Crippen LogP contribution in [0, 0.1) is 0 Å². The van der Waals surface area contributed by atoms with Crippen LogP contribution in [0.25, 0.3) is 16.2 Å². The molecule has 0 aliphatic rings. The number of aromatic nitrogens is 2. The van der Waals surface area contributed by atoms with E-state index in [2.05, 4.69) is 31.1 Å². The number of nitrogens with zero attached hydrogens (tertiary/aromatic N) is 2. The quantitative estimate of drug-likeness (QED) is 0.493. The van der Waals surface area contributed by atoms with Crippen molar-refractivity contribution in [2.45, 2.75) is 26.2 Å². The van der Waals surface area contributed by atoms with Gasteiger partial charge in [0.05, 0.1) is 12.8 Å². The third-order valence-electron chi connectivity index (χ3n) is 5.08. The van der Waals surface area contributed by atoms with Crippen LogP contribution in [-0.4, -0.2) is 22.4 Å². The number of ether oxygens (including phenoxy) is 1. The first-order valence-electron chi connectivity index (χ1n) is 9.83. The molecule has 0 radical (unpaired) electrons. The molecule has 158 valence electrons. The van der Waals surface area contributed by atoms with E-state index in [0.717, 1.165) is 16.9 Å². The highest BCUT2D eigenvalue weighted by Crippen LogP contribution is 2.26. The summed E-state index contributed by atoms with van der Waals surface area (Å²) in [6, 6.07) is 15.0. The van der Waals surface area contributed by atoms with Crippen LogP contribution in [0.5, 0.6) is 5.75 Å². The van der Waals surface area contributed by atoms with Crippen molar-refractivity contribution in [1.29, 1.82) is 0 Å². The van der Waals surface area contributed by atoms with Crippen LogP contribution in [0.2, 0.25) is 0 Å². The number of amides is 1. The van der Waals surface area contributed by atoms with E-state index >= 15 is 0 Å². The topological polar surface area (TPSA) is 72.7 Å². The van der Waals surface area contributed by atoms with E-state index in [4.69, 9.17) is 4.74 Å². The van der Waals surface area contributed by atoms with E-state index in [1.165, 1.54) is 21.9 Å². The number of nitrogens with one attached hydrogen (secondary N) is 1. The molecule has 2 aromatic heterocycles. The summed E-state index contributed by atoms with van der Waals surface area (Å²) >= 11 is 1.35. The van der Waals surface area contributed by atoms with Crippen molar-refractivity contribution in [2.24, 2.45) is 0 Å². The third kappa shape index (κ3) is 4.09. The van der Waals surface area contributed by atoms with E-state index < -0.39 is 11.5 Å². The van der Waals surface area contributed by atoms with E-state index in [0.29, 0.717) is 16.3 Å². The Bertz CT molecular complexity index is 1300. The molecule has 0 saturated heterocycles. The Labute approximate surface area is 184 Å². The minimum Gasteiger partial charge on any atom is -0.497 e. The van der Waals surface area contributed by atoms with Crippen molar-refractivity contribution in [3.63, 3.8) is 0 Å². The molecular weight excluding hydrogens is 410 g/mol. The lowest BCUT2D eigenvalue weighted by Gasteiger charge is -2.19. The number of carbonyl (C=O) groups excluding carboxylic acids is 1. The zero-order valence-corrected chi connectivity index (χ0v) is 18.6. The molecule has 1 amide bonds. The Balaban J connectivity index is 1.67. The first kappa shape index (κ1) is 20.8. The van der Waals surface area contributed by atoms with E-state index in [-0.39, 0.29) is 11.0 Å². The largest absolute Gasteiger partial charge is 0.497 e. The van der Waals surface area contributed by atoms with Gasteiger partial charge in [-0.15, -0.1) is 11.3 Å². The number of carbonyl (C=O) groups is 1. The lowest BCUT2D eigenvalue weighted by molar-refractivity contribution is 0.102. The maximum Gasteiger partial charge on any atom is 0.271 e. The lowest BCUT2D eigenvalue weighted by atomic mass is 9.87. The maximum absolute atomic E-state index is 13.2. The van der Waals surface area contributed by atoms with Crippen LogP contribution in [0.3, 0.4) is 0 Å². The van der Waals surface area contributed by atoms with Crippen molar-refractivity contribution >= 4 is 27.9 Å². The highest BCUT2D eigenvalue weighted by Gasteiger charge is 2.18. The van der Waals surface area contributed by atoms with E-state index in [1.807, 2.05) is 53.9 Å². The normalized spacial score (nSPS) is 11.5. The minimum absolute atomic E-state index is 0.00874. The van der Waals surface area contributed by atoms with Crippen molar-refractivity contribution in [3.8, 4) is 17.0 Å². The monoisotopic (exact) mass is 433 g/mol. The highest BCUT2D eigenvalue weighted by atomic mass is 32.1. The first-order chi connectivity index (χ1) is 14.8. The Hall–Kier alpha value is -3.45. The maximum atomic E-state index is 13.2. The molecule has 2 heterocycles. The molecule has 1 N–H and O–H groups in total. The van der Waals surface area contributed by atoms with Crippen LogP contribution in [0.4, 0.5) is 5.69 Å². The molecule has 0 bridgehead atoms. The van der Waals surface area contributed by atoms with Gasteiger partial charge in [0.15, 0.2) is 4.96 Å². The number of hydrogen-bond acceptors (Lipinski definition) is 5. The predicted molar refractivity (Wildman–Crippen MR) is 124 cm³/mol. The second-order valence-corrected chi connectivity index (χ2v) is 9.06. The summed E-state index contributed by atoms with van der Waals surface area (Å²) in [5, 5.41) is 4.66. The number of hydrogen-bond donors (Lipinski definition) is 1. The predicted octanol–water partition coefficient (Wildman–Crippen LogP) is 4.98. The van der Waals surface area contributed by atoms with Crippen LogP contribution in [0.1, 0.15) is 36.7 Å². The fraction of sp³-hybridized carbons (Fsp3) is 0.208. The summed E-state index contributed by atoms with van der Waals surface area (Å²) < 4.78 is 6.68. The molecule has 0 fully saturated rings. The Kier molecular flexibility index (Phi) is 5.37. The average molecular weight is 434 g/mol. The Morgan fingerprint density at radius 3 is 2.35 bits per heavy atom. The molecule has 6 nitrogen and oxygen atoms in total. The summed E-state index contributed by atoms with van der Waals surface area (Å²) in [6.07, 6.45) is 1.34. The molecule has 7 heteroatoms. The van der Waals surface area contributed by atoms with E-state index in [9.17, 15) is 9.59 Å². The number of fused-ring (bicyclic) bond motifs is 1. The summed E-state index contributed by atoms with van der Waals surface area (Å²) in [6.45, 7) is 6.39. The van der Waals surface area contributed by atoms with Gasteiger partial charge in [0.25, 0.3) is 11.5 Å². The van der Waals surface area contributed by atoms with Gasteiger partial charge in [-0.05, 0) is 52.9 Å². The molecule has 0 saturated carbocycles. The molecular formula is C24H23N3O3S. The van der Waals surface area contributed by atoms with Crippen molar-refractivity contribution < 1.29 is 9.53 Å². The summed E-state index contributed by atoms with van der Waals surface area (Å²) in [5.74, 6) is 0.244. The average Bonchev–Trinajstić information content (AvgIpc) is 3.19. The fourth-order valence-electron chi connectivity index (χ4n) is 3.26. The molecule has 0 aliphatic heterocycles. The zero-order chi connectivity index (χ0) is 22.2. The van der Waals surface area contributed by atoms with Crippen molar-refractivity contribution in [2.75, 3.05) is 12.4 Å². The summed E-state index contributed by atoms with van der Waals surface area (Å²) in [7, 11) is 1.60. The number of rotatable bonds is 4. The standard InChI is InChI=1S/C24H23N3O3S/c1-24(2,3)16-7-9-17(10-8-16)26-21(28)19-13-25-23-27(22(19)29)20(14-31-23)15-5-11-18(30-4)12-6-15/h5-14H,1-4H3,(H,26,28). The number of benzene rings is 2. The van der Waals surface area contributed by atoms with Gasteiger partial charge in [-0.2, -0.15) is 0 Å². The van der Waals surface area contributed by atoms with Gasteiger partial charge < -0.3 is 10.1 Å². The summed E-state index contributed by atoms with van der Waals surface area (Å²) in [4.78, 5) is 30.9. The highest BCUT2D eigenvalue weighted by molar-refractivity contribution is 7.15. The van der Waals surface area contributed by atoms with Crippen LogP contribution in [0.15, 0.2) is 64.9 Å². The second kappa shape index (κ2) is 8.00. The van der Waals surface area contributed by atoms with Crippen LogP contribution < -0.4 is 15.6 Å². The lowest BCUT2D eigenvalue weighted by Crippen LogP contribution is -2.26.